The maximum absolute atomic E-state index is 13.4. The van der Waals surface area contributed by atoms with Gasteiger partial charge in [-0.2, -0.15) is 4.98 Å². The fraction of sp³-hybridized carbons (Fsp3) is 0.130. The van der Waals surface area contributed by atoms with Crippen LogP contribution in [0.15, 0.2) is 71.5 Å². The second kappa shape index (κ2) is 8.52. The molecule has 1 aliphatic rings. The van der Waals surface area contributed by atoms with Crippen molar-refractivity contribution in [2.75, 3.05) is 10.6 Å². The highest BCUT2D eigenvalue weighted by molar-refractivity contribution is 7.10. The number of amides is 1. The lowest BCUT2D eigenvalue weighted by atomic mass is 9.99. The first-order valence-electron chi connectivity index (χ1n) is 10.4. The lowest BCUT2D eigenvalue weighted by molar-refractivity contribution is -0.384. The van der Waals surface area contributed by atoms with Gasteiger partial charge in [0.15, 0.2) is 5.82 Å². The minimum absolute atomic E-state index is 0.00944. The van der Waals surface area contributed by atoms with Crippen molar-refractivity contribution in [3.63, 3.8) is 0 Å². The number of nitro benzene ring substituents is 1. The monoisotopic (exact) mass is 473 g/mol. The number of anilines is 2. The Hall–Kier alpha value is -4.38. The first-order valence-corrected chi connectivity index (χ1v) is 11.2. The van der Waals surface area contributed by atoms with Crippen molar-refractivity contribution in [2.24, 2.45) is 0 Å². The Morgan fingerprint density at radius 2 is 2.00 bits per heavy atom. The van der Waals surface area contributed by atoms with E-state index in [1.165, 1.54) is 12.1 Å². The summed E-state index contributed by atoms with van der Waals surface area (Å²) in [6, 6.07) is 11.1. The molecular weight excluding hydrogens is 454 g/mol. The van der Waals surface area contributed by atoms with E-state index in [0.717, 1.165) is 10.4 Å². The molecule has 34 heavy (non-hydrogen) atoms. The lowest BCUT2D eigenvalue weighted by Gasteiger charge is -2.28. The van der Waals surface area contributed by atoms with Crippen LogP contribution in [0, 0.1) is 17.0 Å². The van der Waals surface area contributed by atoms with Gasteiger partial charge in [-0.1, -0.05) is 0 Å². The minimum atomic E-state index is -0.493. The molecular formula is C23H19N7O3S. The van der Waals surface area contributed by atoms with Crippen LogP contribution in [-0.4, -0.2) is 30.6 Å². The van der Waals surface area contributed by atoms with Crippen LogP contribution in [0.5, 0.6) is 0 Å². The van der Waals surface area contributed by atoms with E-state index < -0.39 is 11.0 Å². The number of carbonyl (C=O) groups is 1. The number of nitrogens with one attached hydrogen (secondary N) is 2. The SMILES string of the molecule is CC1=C(C(=O)Nc2cccnc2)C(c2sccc2C)n2nc(-c3ccc([N+](=O)[O-])cc3)nc2N1. The van der Waals surface area contributed by atoms with E-state index >= 15 is 0 Å². The van der Waals surface area contributed by atoms with Gasteiger partial charge in [0.05, 0.1) is 22.4 Å². The molecule has 0 saturated heterocycles. The molecule has 0 radical (unpaired) electrons. The molecule has 1 atom stereocenters. The van der Waals surface area contributed by atoms with Crippen molar-refractivity contribution in [1.29, 1.82) is 0 Å². The van der Waals surface area contributed by atoms with E-state index in [-0.39, 0.29) is 11.6 Å². The number of pyridine rings is 1. The molecule has 1 aromatic carbocycles. The number of thiophene rings is 1. The first kappa shape index (κ1) is 21.5. The van der Waals surface area contributed by atoms with Crippen molar-refractivity contribution in [3.05, 3.63) is 92.1 Å². The molecule has 11 heteroatoms. The zero-order valence-electron chi connectivity index (χ0n) is 18.2. The molecule has 4 aromatic rings. The van der Waals surface area contributed by atoms with Crippen molar-refractivity contribution >= 4 is 34.6 Å². The summed E-state index contributed by atoms with van der Waals surface area (Å²) in [5, 5.41) is 23.8. The number of benzene rings is 1. The molecule has 0 fully saturated rings. The van der Waals surface area contributed by atoms with Gasteiger partial charge in [0.2, 0.25) is 5.95 Å². The Morgan fingerprint density at radius 3 is 2.65 bits per heavy atom. The number of aryl methyl sites for hydroxylation is 1. The molecule has 0 spiro atoms. The lowest BCUT2D eigenvalue weighted by Crippen LogP contribution is -2.31. The normalized spacial score (nSPS) is 14.9. The zero-order valence-corrected chi connectivity index (χ0v) is 19.0. The Kier molecular flexibility index (Phi) is 5.38. The van der Waals surface area contributed by atoms with Gasteiger partial charge in [-0.25, -0.2) is 4.68 Å². The highest BCUT2D eigenvalue weighted by Gasteiger charge is 2.36. The van der Waals surface area contributed by atoms with Gasteiger partial charge in [-0.05, 0) is 55.1 Å². The number of fused-ring (bicyclic) bond motifs is 1. The third-order valence-corrected chi connectivity index (χ3v) is 6.57. The molecule has 4 heterocycles. The van der Waals surface area contributed by atoms with Gasteiger partial charge >= 0.3 is 0 Å². The topological polar surface area (TPSA) is 128 Å². The van der Waals surface area contributed by atoms with E-state index in [9.17, 15) is 14.9 Å². The van der Waals surface area contributed by atoms with Crippen molar-refractivity contribution in [1.82, 2.24) is 19.7 Å². The largest absolute Gasteiger partial charge is 0.328 e. The predicted octanol–water partition coefficient (Wildman–Crippen LogP) is 4.55. The zero-order chi connectivity index (χ0) is 23.8. The minimum Gasteiger partial charge on any atom is -0.328 e. The molecule has 2 N–H and O–H groups in total. The van der Waals surface area contributed by atoms with Crippen molar-refractivity contribution < 1.29 is 9.72 Å². The van der Waals surface area contributed by atoms with Crippen LogP contribution in [0.3, 0.4) is 0 Å². The number of nitro groups is 1. The molecule has 170 valence electrons. The number of nitrogens with zero attached hydrogens (tertiary/aromatic N) is 5. The van der Waals surface area contributed by atoms with Gasteiger partial charge in [-0.3, -0.25) is 19.9 Å². The Morgan fingerprint density at radius 1 is 1.21 bits per heavy atom. The Bertz CT molecular complexity index is 1420. The summed E-state index contributed by atoms with van der Waals surface area (Å²) in [6.07, 6.45) is 3.23. The summed E-state index contributed by atoms with van der Waals surface area (Å²) in [5.74, 6) is 0.619. The third-order valence-electron chi connectivity index (χ3n) is 5.50. The summed E-state index contributed by atoms with van der Waals surface area (Å²) < 4.78 is 1.70. The van der Waals surface area contributed by atoms with Crippen molar-refractivity contribution in [3.8, 4) is 11.4 Å². The summed E-state index contributed by atoms with van der Waals surface area (Å²) >= 11 is 1.54. The summed E-state index contributed by atoms with van der Waals surface area (Å²) in [6.45, 7) is 3.82. The van der Waals surface area contributed by atoms with E-state index in [1.807, 2.05) is 25.3 Å². The van der Waals surface area contributed by atoms with Crippen LogP contribution >= 0.6 is 11.3 Å². The molecule has 1 unspecified atom stereocenters. The molecule has 1 amide bonds. The van der Waals surface area contributed by atoms with Crippen LogP contribution < -0.4 is 10.6 Å². The van der Waals surface area contributed by atoms with Gasteiger partial charge < -0.3 is 10.6 Å². The highest BCUT2D eigenvalue weighted by atomic mass is 32.1. The molecule has 0 bridgehead atoms. The number of hydrogen-bond donors (Lipinski definition) is 2. The van der Waals surface area contributed by atoms with Crippen LogP contribution in [0.25, 0.3) is 11.4 Å². The molecule has 5 rings (SSSR count). The second-order valence-electron chi connectivity index (χ2n) is 7.74. The van der Waals surface area contributed by atoms with Gasteiger partial charge in [-0.15, -0.1) is 16.4 Å². The average Bonchev–Trinajstić information content (AvgIpc) is 3.44. The number of rotatable bonds is 5. The molecule has 1 aliphatic heterocycles. The van der Waals surface area contributed by atoms with Crippen molar-refractivity contribution in [2.45, 2.75) is 19.9 Å². The number of non-ortho nitro benzene ring substituents is 1. The standard InChI is InChI=1S/C23H19N7O3S/c1-13-9-11-34-20(13)19-18(22(31)26-16-4-3-10-24-12-16)14(2)25-23-27-21(28-29(19)23)15-5-7-17(8-6-15)30(32)33/h3-12,19H,1-2H3,(H,26,31)(H,25,27,28). The van der Waals surface area contributed by atoms with Crippen LogP contribution in [0.1, 0.15) is 23.4 Å². The summed E-state index contributed by atoms with van der Waals surface area (Å²) in [7, 11) is 0. The second-order valence-corrected chi connectivity index (χ2v) is 8.69. The smallest absolute Gasteiger partial charge is 0.269 e. The molecule has 10 nitrogen and oxygen atoms in total. The number of carbonyl (C=O) groups excluding carboxylic acids is 1. The van der Waals surface area contributed by atoms with E-state index in [0.29, 0.717) is 34.3 Å². The number of hydrogen-bond acceptors (Lipinski definition) is 8. The molecule has 0 aliphatic carbocycles. The van der Waals surface area contributed by atoms with Crippen LogP contribution in [0.4, 0.5) is 17.3 Å². The first-order chi connectivity index (χ1) is 16.4. The van der Waals surface area contributed by atoms with Gasteiger partial charge in [0, 0.05) is 34.5 Å². The maximum Gasteiger partial charge on any atom is 0.269 e. The van der Waals surface area contributed by atoms with E-state index in [2.05, 4.69) is 20.6 Å². The Balaban J connectivity index is 1.57. The Labute approximate surface area is 198 Å². The maximum atomic E-state index is 13.4. The number of aromatic nitrogens is 4. The fourth-order valence-corrected chi connectivity index (χ4v) is 4.86. The number of allylic oxidation sites excluding steroid dienone is 1. The van der Waals surface area contributed by atoms with Gasteiger partial charge in [0.25, 0.3) is 11.6 Å². The average molecular weight is 474 g/mol. The van der Waals surface area contributed by atoms with E-state index in [4.69, 9.17) is 5.10 Å². The molecule has 3 aromatic heterocycles. The molecule has 0 saturated carbocycles. The highest BCUT2D eigenvalue weighted by Crippen LogP contribution is 2.40. The third kappa shape index (κ3) is 3.82. The summed E-state index contributed by atoms with van der Waals surface area (Å²) in [5.41, 5.74) is 3.43. The van der Waals surface area contributed by atoms with Crippen LogP contribution in [0.2, 0.25) is 0 Å². The predicted molar refractivity (Wildman–Crippen MR) is 128 cm³/mol. The van der Waals surface area contributed by atoms with Gasteiger partial charge in [0.1, 0.15) is 6.04 Å². The van der Waals surface area contributed by atoms with Crippen LogP contribution in [-0.2, 0) is 4.79 Å². The summed E-state index contributed by atoms with van der Waals surface area (Å²) in [4.78, 5) is 33.6. The fourth-order valence-electron chi connectivity index (χ4n) is 3.84. The quantitative estimate of drug-likeness (QED) is 0.321. The van der Waals surface area contributed by atoms with E-state index in [1.54, 1.807) is 52.7 Å².